The standard InChI is InChI=1S/C13H17N5S/c1-3-10(4-1)12-15-13(19-16-12)17-8-5-11(9-17)18-7-2-6-14-18/h2,6-7,10-11H,1,3-5,8-9H2. The van der Waals surface area contributed by atoms with Crippen LogP contribution in [0.3, 0.4) is 0 Å². The van der Waals surface area contributed by atoms with Crippen LogP contribution < -0.4 is 4.90 Å². The SMILES string of the molecule is c1cnn(C2CCN(c3nc(C4CCC4)ns3)C2)c1. The first kappa shape index (κ1) is 11.4. The highest BCUT2D eigenvalue weighted by Crippen LogP contribution is 2.37. The Hall–Kier alpha value is -1.43. The number of hydrogen-bond donors (Lipinski definition) is 0. The zero-order chi connectivity index (χ0) is 12.7. The molecule has 3 heterocycles. The molecule has 0 N–H and O–H groups in total. The second-order valence-corrected chi connectivity index (χ2v) is 6.17. The average Bonchev–Trinajstić information content (AvgIpc) is 3.08. The smallest absolute Gasteiger partial charge is 0.205 e. The van der Waals surface area contributed by atoms with Crippen LogP contribution in [0.25, 0.3) is 0 Å². The minimum absolute atomic E-state index is 0.478. The maximum absolute atomic E-state index is 4.73. The van der Waals surface area contributed by atoms with E-state index in [1.165, 1.54) is 19.3 Å². The molecule has 19 heavy (non-hydrogen) atoms. The van der Waals surface area contributed by atoms with E-state index in [0.29, 0.717) is 12.0 Å². The van der Waals surface area contributed by atoms with E-state index in [1.807, 2.05) is 18.5 Å². The van der Waals surface area contributed by atoms with Gasteiger partial charge in [0.15, 0.2) is 0 Å². The molecule has 1 saturated heterocycles. The van der Waals surface area contributed by atoms with Gasteiger partial charge in [-0.1, -0.05) is 6.42 Å². The van der Waals surface area contributed by atoms with E-state index >= 15 is 0 Å². The van der Waals surface area contributed by atoms with Crippen LogP contribution in [0, 0.1) is 0 Å². The third-order valence-electron chi connectivity index (χ3n) is 4.23. The number of nitrogens with zero attached hydrogens (tertiary/aromatic N) is 5. The summed E-state index contributed by atoms with van der Waals surface area (Å²) >= 11 is 1.56. The van der Waals surface area contributed by atoms with Crippen molar-refractivity contribution in [1.29, 1.82) is 0 Å². The van der Waals surface area contributed by atoms with Gasteiger partial charge in [0, 0.05) is 42.9 Å². The molecule has 1 saturated carbocycles. The van der Waals surface area contributed by atoms with Gasteiger partial charge in [0.2, 0.25) is 5.13 Å². The molecule has 6 heteroatoms. The summed E-state index contributed by atoms with van der Waals surface area (Å²) in [4.78, 5) is 7.09. The molecular weight excluding hydrogens is 258 g/mol. The lowest BCUT2D eigenvalue weighted by Crippen LogP contribution is -2.21. The minimum Gasteiger partial charge on any atom is -0.345 e. The van der Waals surface area contributed by atoms with Gasteiger partial charge in [-0.3, -0.25) is 4.68 Å². The van der Waals surface area contributed by atoms with Crippen molar-refractivity contribution in [3.63, 3.8) is 0 Å². The molecule has 2 aromatic heterocycles. The molecule has 4 rings (SSSR count). The quantitative estimate of drug-likeness (QED) is 0.863. The van der Waals surface area contributed by atoms with E-state index in [0.717, 1.165) is 30.5 Å². The van der Waals surface area contributed by atoms with Gasteiger partial charge in [0.05, 0.1) is 6.04 Å². The molecule has 1 aliphatic carbocycles. The number of rotatable bonds is 3. The Morgan fingerprint density at radius 3 is 2.95 bits per heavy atom. The summed E-state index contributed by atoms with van der Waals surface area (Å²) in [5.74, 6) is 1.71. The fourth-order valence-electron chi connectivity index (χ4n) is 2.82. The normalized spacial score (nSPS) is 23.8. The first-order valence-corrected chi connectivity index (χ1v) is 7.75. The van der Waals surface area contributed by atoms with Gasteiger partial charge in [-0.15, -0.1) is 0 Å². The van der Waals surface area contributed by atoms with Crippen molar-refractivity contribution in [2.45, 2.75) is 37.6 Å². The van der Waals surface area contributed by atoms with Gasteiger partial charge in [0.1, 0.15) is 5.82 Å². The summed E-state index contributed by atoms with van der Waals surface area (Å²) in [6, 6.07) is 2.47. The fraction of sp³-hybridized carbons (Fsp3) is 0.615. The van der Waals surface area contributed by atoms with Crippen LogP contribution in [-0.4, -0.2) is 32.2 Å². The Morgan fingerprint density at radius 1 is 1.26 bits per heavy atom. The number of aromatic nitrogens is 4. The summed E-state index contributed by atoms with van der Waals surface area (Å²) in [7, 11) is 0. The predicted octanol–water partition coefficient (Wildman–Crippen LogP) is 2.45. The van der Waals surface area contributed by atoms with Gasteiger partial charge < -0.3 is 4.90 Å². The molecule has 1 aliphatic heterocycles. The van der Waals surface area contributed by atoms with Crippen LogP contribution in [0.5, 0.6) is 0 Å². The largest absolute Gasteiger partial charge is 0.345 e. The molecule has 1 unspecified atom stereocenters. The fourth-order valence-corrected chi connectivity index (χ4v) is 3.60. The predicted molar refractivity (Wildman–Crippen MR) is 74.6 cm³/mol. The third kappa shape index (κ3) is 2.04. The van der Waals surface area contributed by atoms with Crippen molar-refractivity contribution in [1.82, 2.24) is 19.1 Å². The van der Waals surface area contributed by atoms with Crippen molar-refractivity contribution in [3.05, 3.63) is 24.3 Å². The van der Waals surface area contributed by atoms with E-state index in [-0.39, 0.29) is 0 Å². The molecule has 0 bridgehead atoms. The Morgan fingerprint density at radius 2 is 2.21 bits per heavy atom. The maximum atomic E-state index is 4.73. The van der Waals surface area contributed by atoms with Crippen LogP contribution in [0.4, 0.5) is 5.13 Å². The number of hydrogen-bond acceptors (Lipinski definition) is 5. The summed E-state index contributed by atoms with van der Waals surface area (Å²) in [5.41, 5.74) is 0. The highest BCUT2D eigenvalue weighted by atomic mass is 32.1. The van der Waals surface area contributed by atoms with Crippen LogP contribution in [0.1, 0.15) is 43.5 Å². The van der Waals surface area contributed by atoms with E-state index in [4.69, 9.17) is 4.98 Å². The molecule has 1 atom stereocenters. The zero-order valence-corrected chi connectivity index (χ0v) is 11.6. The third-order valence-corrected chi connectivity index (χ3v) is 5.03. The lowest BCUT2D eigenvalue weighted by Gasteiger charge is -2.22. The van der Waals surface area contributed by atoms with E-state index in [9.17, 15) is 0 Å². The lowest BCUT2D eigenvalue weighted by molar-refractivity contribution is 0.405. The van der Waals surface area contributed by atoms with E-state index < -0.39 is 0 Å². The van der Waals surface area contributed by atoms with Gasteiger partial charge in [-0.25, -0.2) is 4.98 Å². The van der Waals surface area contributed by atoms with Crippen LogP contribution >= 0.6 is 11.5 Å². The summed E-state index contributed by atoms with van der Waals surface area (Å²) in [5, 5.41) is 5.43. The van der Waals surface area contributed by atoms with Gasteiger partial charge >= 0.3 is 0 Å². The van der Waals surface area contributed by atoms with Crippen LogP contribution in [0.15, 0.2) is 18.5 Å². The minimum atomic E-state index is 0.478. The Balaban J connectivity index is 1.47. The Labute approximate surface area is 116 Å². The molecule has 5 nitrogen and oxygen atoms in total. The monoisotopic (exact) mass is 275 g/mol. The molecule has 2 aliphatic rings. The summed E-state index contributed by atoms with van der Waals surface area (Å²) in [6.45, 7) is 2.06. The molecule has 2 aromatic rings. The topological polar surface area (TPSA) is 46.8 Å². The second kappa shape index (κ2) is 4.59. The van der Waals surface area contributed by atoms with Crippen molar-refractivity contribution < 1.29 is 0 Å². The van der Waals surface area contributed by atoms with Crippen LogP contribution in [0.2, 0.25) is 0 Å². The highest BCUT2D eigenvalue weighted by Gasteiger charge is 2.29. The molecular formula is C13H17N5S. The van der Waals surface area contributed by atoms with Gasteiger partial charge in [-0.2, -0.15) is 9.47 Å². The van der Waals surface area contributed by atoms with Crippen molar-refractivity contribution in [2.24, 2.45) is 0 Å². The molecule has 0 radical (unpaired) electrons. The van der Waals surface area contributed by atoms with Crippen molar-refractivity contribution in [3.8, 4) is 0 Å². The van der Waals surface area contributed by atoms with E-state index in [1.54, 1.807) is 11.5 Å². The van der Waals surface area contributed by atoms with Crippen molar-refractivity contribution in [2.75, 3.05) is 18.0 Å². The molecule has 0 amide bonds. The Kier molecular flexibility index (Phi) is 2.76. The maximum Gasteiger partial charge on any atom is 0.205 e. The van der Waals surface area contributed by atoms with Crippen molar-refractivity contribution >= 4 is 16.7 Å². The van der Waals surface area contributed by atoms with E-state index in [2.05, 4.69) is 19.1 Å². The summed E-state index contributed by atoms with van der Waals surface area (Å²) < 4.78 is 6.60. The molecule has 0 aromatic carbocycles. The van der Waals surface area contributed by atoms with Gasteiger partial charge in [0.25, 0.3) is 0 Å². The van der Waals surface area contributed by atoms with Gasteiger partial charge in [-0.05, 0) is 25.3 Å². The molecule has 0 spiro atoms. The highest BCUT2D eigenvalue weighted by molar-refractivity contribution is 7.09. The van der Waals surface area contributed by atoms with Crippen LogP contribution in [-0.2, 0) is 0 Å². The lowest BCUT2D eigenvalue weighted by atomic mass is 9.85. The zero-order valence-electron chi connectivity index (χ0n) is 10.8. The second-order valence-electron chi connectivity index (χ2n) is 5.44. The summed E-state index contributed by atoms with van der Waals surface area (Å²) in [6.07, 6.45) is 8.92. The first-order valence-electron chi connectivity index (χ1n) is 6.98. The Bertz CT molecular complexity index is 545. The molecule has 2 fully saturated rings. The number of anilines is 1. The average molecular weight is 275 g/mol. The molecule has 100 valence electrons. The first-order chi connectivity index (χ1) is 9.40.